The van der Waals surface area contributed by atoms with Gasteiger partial charge in [0.2, 0.25) is 0 Å². The number of hydrogen-bond donors (Lipinski definition) is 0. The first kappa shape index (κ1) is 16.3. The first-order chi connectivity index (χ1) is 9.79. The smallest absolute Gasteiger partial charge is 0.274 e. The molecular weight excluding hydrogens is 340 g/mol. The summed E-state index contributed by atoms with van der Waals surface area (Å²) < 4.78 is 7.13. The zero-order valence-electron chi connectivity index (χ0n) is 13.3. The van der Waals surface area contributed by atoms with Gasteiger partial charge in [-0.15, -0.1) is 0 Å². The fourth-order valence-electron chi connectivity index (χ4n) is 2.20. The van der Waals surface area contributed by atoms with Crippen molar-refractivity contribution in [2.75, 3.05) is 0 Å². The highest BCUT2D eigenvalue weighted by Gasteiger charge is 2.16. The molecule has 2 rings (SSSR count). The third kappa shape index (κ3) is 3.98. The van der Waals surface area contributed by atoms with Crippen molar-refractivity contribution in [1.82, 2.24) is 0 Å². The van der Waals surface area contributed by atoms with Gasteiger partial charge >= 0.3 is 0 Å². The van der Waals surface area contributed by atoms with Gasteiger partial charge in [0.05, 0.1) is 4.47 Å². The van der Waals surface area contributed by atoms with Gasteiger partial charge < -0.3 is 4.43 Å². The number of para-hydroxylation sites is 1. The monoisotopic (exact) mass is 361 g/mol. The summed E-state index contributed by atoms with van der Waals surface area (Å²) in [5.41, 5.74) is 3.85. The lowest BCUT2D eigenvalue weighted by molar-refractivity contribution is 0.578. The van der Waals surface area contributed by atoms with E-state index in [0.29, 0.717) is 0 Å². The quantitative estimate of drug-likeness (QED) is 0.605. The van der Waals surface area contributed by atoms with Gasteiger partial charge in [-0.1, -0.05) is 57.2 Å². The molecule has 0 unspecified atom stereocenters. The predicted molar refractivity (Wildman–Crippen MR) is 96.4 cm³/mol. The Balaban J connectivity index is 2.54. The van der Waals surface area contributed by atoms with E-state index in [4.69, 9.17) is 4.43 Å². The highest BCUT2D eigenvalue weighted by molar-refractivity contribution is 9.10. The Labute approximate surface area is 138 Å². The molecule has 1 nitrogen and oxygen atoms in total. The second-order valence-electron chi connectivity index (χ2n) is 6.46. The highest BCUT2D eigenvalue weighted by Crippen LogP contribution is 2.38. The van der Waals surface area contributed by atoms with Crippen LogP contribution in [-0.4, -0.2) is 9.04 Å². The molecule has 0 amide bonds. The molecule has 0 spiro atoms. The van der Waals surface area contributed by atoms with Gasteiger partial charge in [-0.2, -0.15) is 0 Å². The number of rotatable bonds is 3. The van der Waals surface area contributed by atoms with Gasteiger partial charge in [-0.05, 0) is 51.6 Å². The van der Waals surface area contributed by atoms with Crippen LogP contribution in [0.15, 0.2) is 46.9 Å². The first-order valence-electron chi connectivity index (χ1n) is 7.16. The van der Waals surface area contributed by atoms with Gasteiger partial charge in [0, 0.05) is 5.56 Å². The highest BCUT2D eigenvalue weighted by atomic mass is 79.9. The van der Waals surface area contributed by atoms with Gasteiger partial charge in [0.1, 0.15) is 5.75 Å². The summed E-state index contributed by atoms with van der Waals surface area (Å²) in [6, 6.07) is 15.0. The summed E-state index contributed by atoms with van der Waals surface area (Å²) >= 11 is 3.62. The molecule has 0 heterocycles. The Morgan fingerprint density at radius 2 is 1.67 bits per heavy atom. The van der Waals surface area contributed by atoms with E-state index in [9.17, 15) is 0 Å². The molecule has 111 valence electrons. The van der Waals surface area contributed by atoms with Crippen molar-refractivity contribution in [2.45, 2.75) is 39.3 Å². The molecular formula is C18H22BrOSi. The minimum Gasteiger partial charge on any atom is -0.541 e. The molecule has 0 fully saturated rings. The molecule has 21 heavy (non-hydrogen) atoms. The van der Waals surface area contributed by atoms with E-state index in [-0.39, 0.29) is 5.41 Å². The average molecular weight is 362 g/mol. The van der Waals surface area contributed by atoms with Crippen molar-refractivity contribution in [1.29, 1.82) is 0 Å². The van der Waals surface area contributed by atoms with E-state index >= 15 is 0 Å². The van der Waals surface area contributed by atoms with Gasteiger partial charge in [0.25, 0.3) is 9.04 Å². The van der Waals surface area contributed by atoms with Crippen LogP contribution < -0.4 is 4.43 Å². The lowest BCUT2D eigenvalue weighted by atomic mass is 9.85. The van der Waals surface area contributed by atoms with Crippen LogP contribution in [-0.2, 0) is 5.41 Å². The number of hydrogen-bond acceptors (Lipinski definition) is 1. The van der Waals surface area contributed by atoms with Crippen molar-refractivity contribution in [3.05, 3.63) is 52.5 Å². The maximum atomic E-state index is 6.11. The molecule has 0 aliphatic rings. The first-order valence-corrected chi connectivity index (χ1v) is 10.4. The molecule has 1 radical (unpaired) electrons. The van der Waals surface area contributed by atoms with Crippen molar-refractivity contribution in [2.24, 2.45) is 0 Å². The fourth-order valence-corrected chi connectivity index (χ4v) is 3.42. The third-order valence-electron chi connectivity index (χ3n) is 3.31. The van der Waals surface area contributed by atoms with Gasteiger partial charge in [-0.3, -0.25) is 0 Å². The van der Waals surface area contributed by atoms with Crippen molar-refractivity contribution in [3.8, 4) is 16.9 Å². The summed E-state index contributed by atoms with van der Waals surface area (Å²) in [6.45, 7) is 11.0. The molecule has 3 heteroatoms. The second-order valence-corrected chi connectivity index (χ2v) is 9.33. The maximum absolute atomic E-state index is 6.11. The fraction of sp³-hybridized carbons (Fsp3) is 0.333. The van der Waals surface area contributed by atoms with Crippen LogP contribution >= 0.6 is 15.9 Å². The molecule has 2 aromatic carbocycles. The molecule has 0 bridgehead atoms. The lowest BCUT2D eigenvalue weighted by Gasteiger charge is -2.21. The standard InChI is InChI=1S/C18H22BrOSi/c1-18(2,3)14-9-6-8-13(12-14)15-10-7-11-16(19)17(15)20-21(4)5/h6-12H,1-5H3. The van der Waals surface area contributed by atoms with Crippen molar-refractivity contribution in [3.63, 3.8) is 0 Å². The van der Waals surface area contributed by atoms with Gasteiger partial charge in [-0.25, -0.2) is 0 Å². The predicted octanol–water partition coefficient (Wildman–Crippen LogP) is 6.04. The molecule has 0 saturated heterocycles. The van der Waals surface area contributed by atoms with Crippen LogP contribution in [0.5, 0.6) is 5.75 Å². The van der Waals surface area contributed by atoms with E-state index in [1.165, 1.54) is 11.1 Å². The van der Waals surface area contributed by atoms with Crippen LogP contribution in [0.4, 0.5) is 0 Å². The minimum atomic E-state index is -0.806. The van der Waals surface area contributed by atoms with Crippen molar-refractivity contribution >= 4 is 25.0 Å². The Hall–Kier alpha value is -1.06. The minimum absolute atomic E-state index is 0.146. The SMILES string of the molecule is C[Si](C)Oc1c(Br)cccc1-c1cccc(C(C)(C)C)c1. The topological polar surface area (TPSA) is 9.23 Å². The summed E-state index contributed by atoms with van der Waals surface area (Å²) in [5, 5.41) is 0. The Morgan fingerprint density at radius 1 is 1.00 bits per heavy atom. The zero-order valence-corrected chi connectivity index (χ0v) is 15.9. The molecule has 0 aliphatic heterocycles. The summed E-state index contributed by atoms with van der Waals surface area (Å²) in [4.78, 5) is 0. The Morgan fingerprint density at radius 3 is 2.29 bits per heavy atom. The average Bonchev–Trinajstić information content (AvgIpc) is 2.40. The number of benzene rings is 2. The summed E-state index contributed by atoms with van der Waals surface area (Å²) in [5.74, 6) is 0.961. The summed E-state index contributed by atoms with van der Waals surface area (Å²) in [6.07, 6.45) is 0. The van der Waals surface area contributed by atoms with Crippen molar-refractivity contribution < 1.29 is 4.43 Å². The molecule has 0 saturated carbocycles. The van der Waals surface area contributed by atoms with Crippen LogP contribution in [0.3, 0.4) is 0 Å². The van der Waals surface area contributed by atoms with Crippen LogP contribution in [0.25, 0.3) is 11.1 Å². The second kappa shape index (κ2) is 6.37. The van der Waals surface area contributed by atoms with Crippen LogP contribution in [0, 0.1) is 0 Å². The van der Waals surface area contributed by atoms with Gasteiger partial charge in [0.15, 0.2) is 0 Å². The van der Waals surface area contributed by atoms with E-state index in [1.54, 1.807) is 0 Å². The molecule has 0 aromatic heterocycles. The van der Waals surface area contributed by atoms with Crippen LogP contribution in [0.2, 0.25) is 13.1 Å². The van der Waals surface area contributed by atoms with E-state index in [2.05, 4.69) is 86.2 Å². The lowest BCUT2D eigenvalue weighted by Crippen LogP contribution is -2.13. The molecule has 2 aromatic rings. The maximum Gasteiger partial charge on any atom is 0.274 e. The Kier molecular flexibility index (Phi) is 4.94. The Bertz CT molecular complexity index is 629. The summed E-state index contributed by atoms with van der Waals surface area (Å²) in [7, 11) is -0.806. The number of halogens is 1. The molecule has 0 aliphatic carbocycles. The van der Waals surface area contributed by atoms with E-state index in [0.717, 1.165) is 15.8 Å². The largest absolute Gasteiger partial charge is 0.541 e. The third-order valence-corrected chi connectivity index (χ3v) is 4.55. The van der Waals surface area contributed by atoms with E-state index < -0.39 is 9.04 Å². The van der Waals surface area contributed by atoms with E-state index in [1.807, 2.05) is 6.07 Å². The molecule has 0 N–H and O–H groups in total. The molecule has 0 atom stereocenters. The normalized spacial score (nSPS) is 11.8. The van der Waals surface area contributed by atoms with Crippen LogP contribution in [0.1, 0.15) is 26.3 Å². The zero-order chi connectivity index (χ0) is 15.6.